The predicted molar refractivity (Wildman–Crippen MR) is 78.0 cm³/mol. The minimum atomic E-state index is -0.201. The lowest BCUT2D eigenvalue weighted by atomic mass is 10.1. The number of nitrogens with zero attached hydrogens (tertiary/aromatic N) is 1. The number of hydrogen-bond donors (Lipinski definition) is 1. The number of carbonyl (C=O) groups excluding carboxylic acids is 1. The molecular formula is C13H9Cl3N2O. The number of halogens is 3. The molecule has 0 bridgehead atoms. The maximum atomic E-state index is 11.8. The van der Waals surface area contributed by atoms with E-state index in [0.29, 0.717) is 20.9 Å². The van der Waals surface area contributed by atoms with Crippen molar-refractivity contribution >= 4 is 46.5 Å². The Balaban J connectivity index is 2.03. The molecule has 1 N–H and O–H groups in total. The van der Waals surface area contributed by atoms with E-state index >= 15 is 0 Å². The summed E-state index contributed by atoms with van der Waals surface area (Å²) in [6, 6.07) is 8.28. The highest BCUT2D eigenvalue weighted by molar-refractivity contribution is 6.42. The largest absolute Gasteiger partial charge is 0.310 e. The minimum Gasteiger partial charge on any atom is -0.310 e. The Bertz CT molecular complexity index is 617. The molecule has 0 radical (unpaired) electrons. The number of anilines is 1. The van der Waals surface area contributed by atoms with Crippen LogP contribution in [0.2, 0.25) is 15.1 Å². The molecule has 0 aliphatic carbocycles. The van der Waals surface area contributed by atoms with Crippen LogP contribution in [0.3, 0.4) is 0 Å². The molecule has 98 valence electrons. The van der Waals surface area contributed by atoms with Crippen LogP contribution in [0.15, 0.2) is 36.5 Å². The van der Waals surface area contributed by atoms with Crippen LogP contribution in [0, 0.1) is 0 Å². The lowest BCUT2D eigenvalue weighted by molar-refractivity contribution is -0.115. The van der Waals surface area contributed by atoms with Crippen LogP contribution in [0.5, 0.6) is 0 Å². The molecule has 0 saturated heterocycles. The van der Waals surface area contributed by atoms with Crippen LogP contribution in [0.25, 0.3) is 0 Å². The lowest BCUT2D eigenvalue weighted by Gasteiger charge is -2.05. The topological polar surface area (TPSA) is 42.0 Å². The van der Waals surface area contributed by atoms with E-state index < -0.39 is 0 Å². The lowest BCUT2D eigenvalue weighted by Crippen LogP contribution is -2.15. The van der Waals surface area contributed by atoms with Gasteiger partial charge in [-0.3, -0.25) is 4.79 Å². The van der Waals surface area contributed by atoms with Crippen molar-refractivity contribution in [2.75, 3.05) is 5.32 Å². The number of pyridine rings is 1. The Hall–Kier alpha value is -1.29. The van der Waals surface area contributed by atoms with Gasteiger partial charge in [0.15, 0.2) is 0 Å². The Morgan fingerprint density at radius 1 is 1.11 bits per heavy atom. The van der Waals surface area contributed by atoms with Gasteiger partial charge in [0.1, 0.15) is 5.82 Å². The molecule has 0 aliphatic heterocycles. The first kappa shape index (κ1) is 14.1. The van der Waals surface area contributed by atoms with E-state index in [1.165, 1.54) is 6.20 Å². The third-order valence-electron chi connectivity index (χ3n) is 2.34. The third-order valence-corrected chi connectivity index (χ3v) is 3.31. The highest BCUT2D eigenvalue weighted by atomic mass is 35.5. The normalized spacial score (nSPS) is 10.3. The predicted octanol–water partition coefficient (Wildman–Crippen LogP) is 4.22. The first-order valence-corrected chi connectivity index (χ1v) is 6.53. The third kappa shape index (κ3) is 4.10. The van der Waals surface area contributed by atoms with Gasteiger partial charge in [-0.1, -0.05) is 40.9 Å². The summed E-state index contributed by atoms with van der Waals surface area (Å²) in [5.41, 5.74) is 0.772. The van der Waals surface area contributed by atoms with Crippen molar-refractivity contribution in [2.45, 2.75) is 6.42 Å². The SMILES string of the molecule is O=C(Cc1ccc(Cl)c(Cl)c1)Nc1cc(Cl)ccn1. The van der Waals surface area contributed by atoms with Gasteiger partial charge in [0.2, 0.25) is 5.91 Å². The second kappa shape index (κ2) is 6.24. The molecule has 19 heavy (non-hydrogen) atoms. The fourth-order valence-corrected chi connectivity index (χ4v) is 1.98. The molecule has 1 amide bonds. The van der Waals surface area contributed by atoms with E-state index in [0.717, 1.165) is 5.56 Å². The van der Waals surface area contributed by atoms with Crippen molar-refractivity contribution in [3.05, 3.63) is 57.2 Å². The Morgan fingerprint density at radius 3 is 2.58 bits per heavy atom. The number of carbonyl (C=O) groups is 1. The number of rotatable bonds is 3. The summed E-state index contributed by atoms with van der Waals surface area (Å²) in [5.74, 6) is 0.214. The van der Waals surface area contributed by atoms with E-state index in [1.54, 1.807) is 30.3 Å². The van der Waals surface area contributed by atoms with E-state index in [4.69, 9.17) is 34.8 Å². The number of nitrogens with one attached hydrogen (secondary N) is 1. The monoisotopic (exact) mass is 314 g/mol. The van der Waals surface area contributed by atoms with Crippen LogP contribution in [-0.2, 0) is 11.2 Å². The van der Waals surface area contributed by atoms with Crippen molar-refractivity contribution in [3.63, 3.8) is 0 Å². The van der Waals surface area contributed by atoms with Gasteiger partial charge in [0, 0.05) is 11.2 Å². The summed E-state index contributed by atoms with van der Waals surface area (Å²) in [6.07, 6.45) is 1.71. The van der Waals surface area contributed by atoms with Crippen LogP contribution in [0.4, 0.5) is 5.82 Å². The number of benzene rings is 1. The van der Waals surface area contributed by atoms with Gasteiger partial charge in [-0.2, -0.15) is 0 Å². The van der Waals surface area contributed by atoms with Gasteiger partial charge in [-0.15, -0.1) is 0 Å². The van der Waals surface area contributed by atoms with Gasteiger partial charge >= 0.3 is 0 Å². The molecule has 1 aromatic heterocycles. The van der Waals surface area contributed by atoms with Crippen molar-refractivity contribution in [1.29, 1.82) is 0 Å². The average molecular weight is 316 g/mol. The number of aromatic nitrogens is 1. The molecule has 0 aliphatic rings. The minimum absolute atomic E-state index is 0.186. The number of amides is 1. The Kier molecular flexibility index (Phi) is 4.64. The quantitative estimate of drug-likeness (QED) is 0.921. The zero-order valence-corrected chi connectivity index (χ0v) is 11.9. The van der Waals surface area contributed by atoms with Gasteiger partial charge in [0.05, 0.1) is 16.5 Å². The molecule has 2 aromatic rings. The zero-order chi connectivity index (χ0) is 13.8. The molecule has 2 rings (SSSR count). The molecule has 0 fully saturated rings. The maximum absolute atomic E-state index is 11.8. The summed E-state index contributed by atoms with van der Waals surface area (Å²) in [4.78, 5) is 15.8. The summed E-state index contributed by atoms with van der Waals surface area (Å²) in [6.45, 7) is 0. The van der Waals surface area contributed by atoms with Crippen LogP contribution >= 0.6 is 34.8 Å². The van der Waals surface area contributed by atoms with Crippen LogP contribution in [-0.4, -0.2) is 10.9 Å². The second-order valence-electron chi connectivity index (χ2n) is 3.83. The average Bonchev–Trinajstić information content (AvgIpc) is 2.34. The first-order valence-electron chi connectivity index (χ1n) is 5.40. The Labute approximate surface area is 125 Å². The Morgan fingerprint density at radius 2 is 1.89 bits per heavy atom. The van der Waals surface area contributed by atoms with Gasteiger partial charge in [-0.05, 0) is 29.8 Å². The molecule has 3 nitrogen and oxygen atoms in total. The summed E-state index contributed by atoms with van der Waals surface area (Å²) < 4.78 is 0. The highest BCUT2D eigenvalue weighted by Gasteiger charge is 2.07. The van der Waals surface area contributed by atoms with E-state index in [9.17, 15) is 4.79 Å². The zero-order valence-electron chi connectivity index (χ0n) is 9.66. The molecule has 1 aromatic carbocycles. The summed E-state index contributed by atoms with van der Waals surface area (Å²) >= 11 is 17.5. The first-order chi connectivity index (χ1) is 9.04. The molecule has 0 atom stereocenters. The van der Waals surface area contributed by atoms with E-state index in [-0.39, 0.29) is 12.3 Å². The standard InChI is InChI=1S/C13H9Cl3N2O/c14-9-3-4-17-12(7-9)18-13(19)6-8-1-2-10(15)11(16)5-8/h1-5,7H,6H2,(H,17,18,19). The summed E-state index contributed by atoms with van der Waals surface area (Å²) in [5, 5.41) is 4.05. The molecule has 6 heteroatoms. The highest BCUT2D eigenvalue weighted by Crippen LogP contribution is 2.23. The van der Waals surface area contributed by atoms with Gasteiger partial charge in [-0.25, -0.2) is 4.98 Å². The molecule has 0 unspecified atom stereocenters. The second-order valence-corrected chi connectivity index (χ2v) is 5.08. The van der Waals surface area contributed by atoms with Gasteiger partial charge in [0.25, 0.3) is 0 Å². The smallest absolute Gasteiger partial charge is 0.229 e. The molecule has 0 saturated carbocycles. The van der Waals surface area contributed by atoms with Crippen molar-refractivity contribution in [2.24, 2.45) is 0 Å². The molecule has 0 spiro atoms. The fourth-order valence-electron chi connectivity index (χ4n) is 1.50. The molecular weight excluding hydrogens is 307 g/mol. The van der Waals surface area contributed by atoms with Crippen molar-refractivity contribution in [3.8, 4) is 0 Å². The fraction of sp³-hybridized carbons (Fsp3) is 0.0769. The van der Waals surface area contributed by atoms with Gasteiger partial charge < -0.3 is 5.32 Å². The van der Waals surface area contributed by atoms with Crippen molar-refractivity contribution in [1.82, 2.24) is 4.98 Å². The number of hydrogen-bond acceptors (Lipinski definition) is 2. The molecule has 1 heterocycles. The van der Waals surface area contributed by atoms with E-state index in [2.05, 4.69) is 10.3 Å². The van der Waals surface area contributed by atoms with E-state index in [1.807, 2.05) is 0 Å². The van der Waals surface area contributed by atoms with Crippen molar-refractivity contribution < 1.29 is 4.79 Å². The maximum Gasteiger partial charge on any atom is 0.229 e. The summed E-state index contributed by atoms with van der Waals surface area (Å²) in [7, 11) is 0. The van der Waals surface area contributed by atoms with Crippen LogP contribution < -0.4 is 5.32 Å². The van der Waals surface area contributed by atoms with Crippen LogP contribution in [0.1, 0.15) is 5.56 Å².